The van der Waals surface area contributed by atoms with Gasteiger partial charge < -0.3 is 24.4 Å². The first-order chi connectivity index (χ1) is 15.0. The van der Waals surface area contributed by atoms with Crippen LogP contribution in [0.2, 0.25) is 0 Å². The number of anilines is 3. The van der Waals surface area contributed by atoms with Crippen LogP contribution in [-0.4, -0.2) is 59.8 Å². The Hall–Kier alpha value is -2.87. The van der Waals surface area contributed by atoms with E-state index in [1.807, 2.05) is 0 Å². The molecule has 2 fully saturated rings. The highest BCUT2D eigenvalue weighted by atomic mass is 19.4. The normalized spacial score (nSPS) is 18.4. The number of alkyl halides is 6. The molecule has 1 aromatic heterocycles. The first-order valence-electron chi connectivity index (χ1n) is 9.44. The second kappa shape index (κ2) is 8.24. The zero-order valence-electron chi connectivity index (χ0n) is 16.3. The van der Waals surface area contributed by atoms with Crippen molar-refractivity contribution in [3.63, 3.8) is 0 Å². The quantitative estimate of drug-likeness (QED) is 0.672. The fourth-order valence-corrected chi connectivity index (χ4v) is 3.31. The van der Waals surface area contributed by atoms with E-state index in [1.165, 1.54) is 12.1 Å². The largest absolute Gasteiger partial charge is 0.454 e. The molecule has 2 saturated heterocycles. The van der Waals surface area contributed by atoms with E-state index in [9.17, 15) is 26.3 Å². The second-order valence-corrected chi connectivity index (χ2v) is 7.13. The Labute approximate surface area is 177 Å². The number of hydrogen-bond donors (Lipinski definition) is 1. The standard InChI is InChI=1S/C18H17F6N5O3/c19-17(20,21)10-30-15-27-13(25-12-3-1-2-11(8-12)18(22,23)24)26-14(28-15)29-5-4-16(9-29)31-6-7-32-16/h1-3,8H,4-7,9-10H2,(H,25,26,27,28). The van der Waals surface area contributed by atoms with E-state index in [4.69, 9.17) is 9.47 Å². The monoisotopic (exact) mass is 465 g/mol. The van der Waals surface area contributed by atoms with Crippen LogP contribution in [0.3, 0.4) is 0 Å². The maximum absolute atomic E-state index is 13.0. The number of nitrogens with one attached hydrogen (secondary N) is 1. The zero-order valence-corrected chi connectivity index (χ0v) is 16.3. The molecule has 0 bridgehead atoms. The molecular weight excluding hydrogens is 448 g/mol. The first-order valence-corrected chi connectivity index (χ1v) is 9.44. The third kappa shape index (κ3) is 5.30. The molecule has 174 valence electrons. The van der Waals surface area contributed by atoms with Gasteiger partial charge in [-0.1, -0.05) is 6.07 Å². The molecule has 2 aliphatic rings. The lowest BCUT2D eigenvalue weighted by Crippen LogP contribution is -2.35. The Bertz CT molecular complexity index is 965. The van der Waals surface area contributed by atoms with Gasteiger partial charge >= 0.3 is 18.4 Å². The van der Waals surface area contributed by atoms with Gasteiger partial charge in [0.05, 0.1) is 25.3 Å². The highest BCUT2D eigenvalue weighted by Crippen LogP contribution is 2.34. The molecule has 0 radical (unpaired) electrons. The van der Waals surface area contributed by atoms with Crippen LogP contribution in [0.4, 0.5) is 43.9 Å². The number of aromatic nitrogens is 3. The minimum atomic E-state index is -4.63. The molecule has 0 unspecified atom stereocenters. The van der Waals surface area contributed by atoms with E-state index in [1.54, 1.807) is 4.90 Å². The van der Waals surface area contributed by atoms with Crippen molar-refractivity contribution >= 4 is 17.6 Å². The van der Waals surface area contributed by atoms with E-state index < -0.39 is 36.3 Å². The van der Waals surface area contributed by atoms with Gasteiger partial charge in [-0.15, -0.1) is 0 Å². The Kier molecular flexibility index (Phi) is 5.75. The number of rotatable bonds is 5. The molecule has 14 heteroatoms. The second-order valence-electron chi connectivity index (χ2n) is 7.13. The zero-order chi connectivity index (χ0) is 23.0. The highest BCUT2D eigenvalue weighted by Gasteiger charge is 2.44. The van der Waals surface area contributed by atoms with Crippen LogP contribution in [0, 0.1) is 0 Å². The number of halogens is 6. The average molecular weight is 465 g/mol. The van der Waals surface area contributed by atoms with Crippen molar-refractivity contribution in [2.45, 2.75) is 24.6 Å². The Morgan fingerprint density at radius 3 is 2.50 bits per heavy atom. The fraction of sp³-hybridized carbons (Fsp3) is 0.500. The third-order valence-electron chi connectivity index (χ3n) is 4.70. The van der Waals surface area contributed by atoms with Gasteiger partial charge in [-0.05, 0) is 18.2 Å². The van der Waals surface area contributed by atoms with Crippen LogP contribution in [0.15, 0.2) is 24.3 Å². The van der Waals surface area contributed by atoms with Gasteiger partial charge in [0.1, 0.15) is 0 Å². The molecule has 0 saturated carbocycles. The van der Waals surface area contributed by atoms with Gasteiger partial charge in [0.25, 0.3) is 0 Å². The molecule has 8 nitrogen and oxygen atoms in total. The number of benzene rings is 1. The van der Waals surface area contributed by atoms with E-state index in [0.29, 0.717) is 26.2 Å². The predicted octanol–water partition coefficient (Wildman–Crippen LogP) is 3.53. The smallest absolute Gasteiger partial charge is 0.422 e. The first kappa shape index (κ1) is 22.3. The van der Waals surface area contributed by atoms with Crippen LogP contribution < -0.4 is 15.0 Å². The fourth-order valence-electron chi connectivity index (χ4n) is 3.31. The molecule has 1 spiro atoms. The average Bonchev–Trinajstić information content (AvgIpc) is 3.35. The lowest BCUT2D eigenvalue weighted by atomic mass is 10.2. The van der Waals surface area contributed by atoms with Crippen molar-refractivity contribution in [1.82, 2.24) is 15.0 Å². The summed E-state index contributed by atoms with van der Waals surface area (Å²) >= 11 is 0. The molecule has 0 amide bonds. The summed E-state index contributed by atoms with van der Waals surface area (Å²) < 4.78 is 92.5. The maximum Gasteiger partial charge on any atom is 0.422 e. The molecule has 3 heterocycles. The third-order valence-corrected chi connectivity index (χ3v) is 4.70. The number of hydrogen-bond acceptors (Lipinski definition) is 8. The van der Waals surface area contributed by atoms with Crippen LogP contribution >= 0.6 is 0 Å². The molecule has 32 heavy (non-hydrogen) atoms. The summed E-state index contributed by atoms with van der Waals surface area (Å²) in [4.78, 5) is 13.4. The molecule has 2 aromatic rings. The van der Waals surface area contributed by atoms with E-state index in [0.717, 1.165) is 12.1 Å². The molecule has 4 rings (SSSR count). The summed E-state index contributed by atoms with van der Waals surface area (Å²) in [6.07, 6.45) is -8.73. The predicted molar refractivity (Wildman–Crippen MR) is 97.6 cm³/mol. The Morgan fingerprint density at radius 2 is 1.81 bits per heavy atom. The topological polar surface area (TPSA) is 81.6 Å². The minimum Gasteiger partial charge on any atom is -0.454 e. The van der Waals surface area contributed by atoms with Gasteiger partial charge in [0, 0.05) is 18.7 Å². The van der Waals surface area contributed by atoms with Crippen molar-refractivity contribution < 1.29 is 40.6 Å². The molecular formula is C18H17F6N5O3. The van der Waals surface area contributed by atoms with Gasteiger partial charge in [0.15, 0.2) is 12.4 Å². The van der Waals surface area contributed by atoms with Crippen LogP contribution in [0.5, 0.6) is 6.01 Å². The van der Waals surface area contributed by atoms with E-state index >= 15 is 0 Å². The van der Waals surface area contributed by atoms with Crippen molar-refractivity contribution in [1.29, 1.82) is 0 Å². The Morgan fingerprint density at radius 1 is 1.06 bits per heavy atom. The molecule has 2 aliphatic heterocycles. The van der Waals surface area contributed by atoms with Gasteiger partial charge in [-0.3, -0.25) is 0 Å². The molecule has 1 N–H and O–H groups in total. The lowest BCUT2D eigenvalue weighted by Gasteiger charge is -2.22. The SMILES string of the molecule is FC(F)(F)COc1nc(Nc2cccc(C(F)(F)F)c2)nc(N2CCC3(C2)OCCO3)n1. The summed E-state index contributed by atoms with van der Waals surface area (Å²) in [7, 11) is 0. The van der Waals surface area contributed by atoms with Gasteiger partial charge in [-0.25, -0.2) is 0 Å². The lowest BCUT2D eigenvalue weighted by molar-refractivity contribution is -0.154. The van der Waals surface area contributed by atoms with E-state index in [-0.39, 0.29) is 24.1 Å². The molecule has 0 atom stereocenters. The van der Waals surface area contributed by atoms with Crippen LogP contribution in [0.25, 0.3) is 0 Å². The Balaban J connectivity index is 1.60. The van der Waals surface area contributed by atoms with Crippen molar-refractivity contribution in [2.24, 2.45) is 0 Å². The minimum absolute atomic E-state index is 0.0147. The summed E-state index contributed by atoms with van der Waals surface area (Å²) in [5.74, 6) is -1.16. The summed E-state index contributed by atoms with van der Waals surface area (Å²) in [6, 6.07) is 3.58. The summed E-state index contributed by atoms with van der Waals surface area (Å²) in [5.41, 5.74) is -0.929. The highest BCUT2D eigenvalue weighted by molar-refractivity contribution is 5.56. The van der Waals surface area contributed by atoms with Crippen LogP contribution in [-0.2, 0) is 15.7 Å². The van der Waals surface area contributed by atoms with E-state index in [2.05, 4.69) is 25.0 Å². The molecule has 1 aromatic carbocycles. The van der Waals surface area contributed by atoms with Crippen LogP contribution in [0.1, 0.15) is 12.0 Å². The van der Waals surface area contributed by atoms with Gasteiger partial charge in [0.2, 0.25) is 11.9 Å². The number of nitrogens with zero attached hydrogens (tertiary/aromatic N) is 4. The number of ether oxygens (including phenoxy) is 3. The van der Waals surface area contributed by atoms with Gasteiger partial charge in [-0.2, -0.15) is 41.3 Å². The van der Waals surface area contributed by atoms with Crippen molar-refractivity contribution in [3.05, 3.63) is 29.8 Å². The summed E-state index contributed by atoms with van der Waals surface area (Å²) in [5, 5.41) is 2.57. The molecule has 0 aliphatic carbocycles. The summed E-state index contributed by atoms with van der Waals surface area (Å²) in [6.45, 7) is -0.221. The van der Waals surface area contributed by atoms with Crippen molar-refractivity contribution in [2.75, 3.05) is 43.1 Å². The maximum atomic E-state index is 13.0. The van der Waals surface area contributed by atoms with Crippen molar-refractivity contribution in [3.8, 4) is 6.01 Å².